The van der Waals surface area contributed by atoms with Crippen LogP contribution in [0, 0.1) is 19.7 Å². The SMILES string of the molecule is Cc1cccc(NC(=O)N2CCC[C@H]2c2nnc(C(=O)Nc3ccccc3F)s2)c1C. The Bertz CT molecular complexity index is 1130. The molecule has 7 nitrogen and oxygen atoms in total. The predicted octanol–water partition coefficient (Wildman–Crippen LogP) is 4.92. The average Bonchev–Trinajstić information content (AvgIpc) is 3.42. The van der Waals surface area contributed by atoms with Crippen molar-refractivity contribution in [2.24, 2.45) is 0 Å². The number of amides is 3. The van der Waals surface area contributed by atoms with Crippen molar-refractivity contribution >= 4 is 34.6 Å². The Morgan fingerprint density at radius 1 is 1.06 bits per heavy atom. The van der Waals surface area contributed by atoms with E-state index in [1.54, 1.807) is 17.0 Å². The van der Waals surface area contributed by atoms with Gasteiger partial charge in [-0.25, -0.2) is 9.18 Å². The molecule has 2 heterocycles. The van der Waals surface area contributed by atoms with Crippen molar-refractivity contribution in [1.29, 1.82) is 0 Å². The Morgan fingerprint density at radius 3 is 2.65 bits per heavy atom. The van der Waals surface area contributed by atoms with Crippen LogP contribution in [0.4, 0.5) is 20.6 Å². The smallest absolute Gasteiger partial charge is 0.317 e. The summed E-state index contributed by atoms with van der Waals surface area (Å²) in [6.07, 6.45) is 1.57. The van der Waals surface area contributed by atoms with Gasteiger partial charge in [0.2, 0.25) is 5.01 Å². The summed E-state index contributed by atoms with van der Waals surface area (Å²) < 4.78 is 13.8. The van der Waals surface area contributed by atoms with E-state index >= 15 is 0 Å². The molecule has 160 valence electrons. The first-order valence-corrected chi connectivity index (χ1v) is 10.8. The molecule has 1 aliphatic rings. The van der Waals surface area contributed by atoms with E-state index in [0.29, 0.717) is 11.6 Å². The second kappa shape index (κ2) is 8.81. The number of nitrogens with one attached hydrogen (secondary N) is 2. The first-order chi connectivity index (χ1) is 14.9. The van der Waals surface area contributed by atoms with E-state index in [2.05, 4.69) is 20.8 Å². The number of urea groups is 1. The fourth-order valence-electron chi connectivity index (χ4n) is 3.54. The number of likely N-dealkylation sites (tertiary alicyclic amines) is 1. The minimum absolute atomic E-state index is 0.0830. The summed E-state index contributed by atoms with van der Waals surface area (Å²) in [5, 5.41) is 14.3. The Morgan fingerprint density at radius 2 is 1.84 bits per heavy atom. The highest BCUT2D eigenvalue weighted by molar-refractivity contribution is 7.13. The highest BCUT2D eigenvalue weighted by Gasteiger charge is 2.33. The number of anilines is 2. The van der Waals surface area contributed by atoms with Crippen LogP contribution in [0.25, 0.3) is 0 Å². The van der Waals surface area contributed by atoms with Crippen molar-refractivity contribution in [3.8, 4) is 0 Å². The summed E-state index contributed by atoms with van der Waals surface area (Å²) in [6, 6.07) is 11.3. The highest BCUT2D eigenvalue weighted by atomic mass is 32.1. The van der Waals surface area contributed by atoms with Gasteiger partial charge in [-0.05, 0) is 56.0 Å². The molecule has 3 amide bonds. The van der Waals surface area contributed by atoms with Gasteiger partial charge in [0.1, 0.15) is 10.8 Å². The van der Waals surface area contributed by atoms with Crippen LogP contribution in [0.2, 0.25) is 0 Å². The van der Waals surface area contributed by atoms with Crippen molar-refractivity contribution in [1.82, 2.24) is 15.1 Å². The molecule has 0 aliphatic carbocycles. The third-order valence-corrected chi connectivity index (χ3v) is 6.43. The van der Waals surface area contributed by atoms with Crippen molar-refractivity contribution < 1.29 is 14.0 Å². The number of nitrogens with zero attached hydrogens (tertiary/aromatic N) is 3. The molecule has 0 saturated carbocycles. The summed E-state index contributed by atoms with van der Waals surface area (Å²) >= 11 is 1.12. The fraction of sp³-hybridized carbons (Fsp3) is 0.273. The molecule has 31 heavy (non-hydrogen) atoms. The lowest BCUT2D eigenvalue weighted by atomic mass is 10.1. The average molecular weight is 440 g/mol. The third kappa shape index (κ3) is 4.41. The molecule has 1 aliphatic heterocycles. The van der Waals surface area contributed by atoms with Crippen LogP contribution in [0.15, 0.2) is 42.5 Å². The fourth-order valence-corrected chi connectivity index (χ4v) is 4.43. The number of hydrogen-bond donors (Lipinski definition) is 2. The van der Waals surface area contributed by atoms with Crippen LogP contribution in [-0.4, -0.2) is 33.6 Å². The molecular formula is C22H22FN5O2S. The van der Waals surface area contributed by atoms with Gasteiger partial charge in [-0.15, -0.1) is 10.2 Å². The van der Waals surface area contributed by atoms with Crippen LogP contribution in [0.3, 0.4) is 0 Å². The lowest BCUT2D eigenvalue weighted by Crippen LogP contribution is -2.34. The van der Waals surface area contributed by atoms with Gasteiger partial charge in [-0.2, -0.15) is 0 Å². The number of rotatable bonds is 4. The molecule has 4 rings (SSSR count). The minimum atomic E-state index is -0.529. The zero-order valence-electron chi connectivity index (χ0n) is 17.2. The molecule has 3 aromatic rings. The summed E-state index contributed by atoms with van der Waals surface area (Å²) in [5.74, 6) is -1.05. The number of aromatic nitrogens is 2. The molecule has 2 aromatic carbocycles. The van der Waals surface area contributed by atoms with Crippen molar-refractivity contribution in [3.05, 3.63) is 69.4 Å². The maximum atomic E-state index is 13.8. The van der Waals surface area contributed by atoms with Gasteiger partial charge in [-0.3, -0.25) is 4.79 Å². The van der Waals surface area contributed by atoms with Crippen LogP contribution in [-0.2, 0) is 0 Å². The molecule has 0 unspecified atom stereocenters. The number of carbonyl (C=O) groups excluding carboxylic acids is 2. The number of benzene rings is 2. The highest BCUT2D eigenvalue weighted by Crippen LogP contribution is 2.34. The predicted molar refractivity (Wildman–Crippen MR) is 118 cm³/mol. The standard InChI is InChI=1S/C22H22FN5O2S/c1-13-7-5-10-16(14(13)2)25-22(30)28-12-6-11-18(28)20-26-27-21(31-20)19(29)24-17-9-4-3-8-15(17)23/h3-5,7-10,18H,6,11-12H2,1-2H3,(H,24,29)(H,25,30)/t18-/m0/s1. The maximum absolute atomic E-state index is 13.8. The van der Waals surface area contributed by atoms with Crippen LogP contribution in [0.1, 0.15) is 44.8 Å². The van der Waals surface area contributed by atoms with Crippen LogP contribution >= 0.6 is 11.3 Å². The molecule has 0 radical (unpaired) electrons. The first-order valence-electron chi connectivity index (χ1n) is 9.97. The molecule has 0 spiro atoms. The van der Waals surface area contributed by atoms with E-state index < -0.39 is 11.7 Å². The molecule has 0 bridgehead atoms. The third-order valence-electron chi connectivity index (χ3n) is 5.40. The topological polar surface area (TPSA) is 87.2 Å². The second-order valence-electron chi connectivity index (χ2n) is 7.41. The van der Waals surface area contributed by atoms with E-state index in [1.807, 2.05) is 32.0 Å². The lowest BCUT2D eigenvalue weighted by Gasteiger charge is -2.23. The Kier molecular flexibility index (Phi) is 5.94. The van der Waals surface area contributed by atoms with Crippen LogP contribution < -0.4 is 10.6 Å². The van der Waals surface area contributed by atoms with E-state index in [9.17, 15) is 14.0 Å². The molecular weight excluding hydrogens is 417 g/mol. The van der Waals surface area contributed by atoms with Gasteiger partial charge in [0.15, 0.2) is 0 Å². The summed E-state index contributed by atoms with van der Waals surface area (Å²) in [6.45, 7) is 4.56. The van der Waals surface area contributed by atoms with Crippen molar-refractivity contribution in [2.45, 2.75) is 32.7 Å². The molecule has 1 fully saturated rings. The second-order valence-corrected chi connectivity index (χ2v) is 8.42. The van der Waals surface area contributed by atoms with Crippen LogP contribution in [0.5, 0.6) is 0 Å². The lowest BCUT2D eigenvalue weighted by molar-refractivity contribution is 0.102. The van der Waals surface area contributed by atoms with Crippen molar-refractivity contribution in [2.75, 3.05) is 17.2 Å². The van der Waals surface area contributed by atoms with E-state index in [4.69, 9.17) is 0 Å². The maximum Gasteiger partial charge on any atom is 0.322 e. The normalized spacial score (nSPS) is 15.7. The zero-order valence-corrected chi connectivity index (χ0v) is 18.0. The van der Waals surface area contributed by atoms with Crippen molar-refractivity contribution in [3.63, 3.8) is 0 Å². The number of aryl methyl sites for hydroxylation is 1. The number of para-hydroxylation sites is 1. The minimum Gasteiger partial charge on any atom is -0.317 e. The Hall–Kier alpha value is -3.33. The number of carbonyl (C=O) groups is 2. The quantitative estimate of drug-likeness (QED) is 0.604. The van der Waals surface area contributed by atoms with Gasteiger partial charge in [-0.1, -0.05) is 35.6 Å². The molecule has 1 aromatic heterocycles. The van der Waals surface area contributed by atoms with E-state index in [1.165, 1.54) is 12.1 Å². The van der Waals surface area contributed by atoms with E-state index in [-0.39, 0.29) is 22.8 Å². The molecule has 1 saturated heterocycles. The molecule has 9 heteroatoms. The number of halogens is 1. The Labute approximate surface area is 183 Å². The summed E-state index contributed by atoms with van der Waals surface area (Å²) in [5.41, 5.74) is 2.98. The monoisotopic (exact) mass is 439 g/mol. The van der Waals surface area contributed by atoms with Gasteiger partial charge >= 0.3 is 6.03 Å². The molecule has 1 atom stereocenters. The van der Waals surface area contributed by atoms with E-state index in [0.717, 1.165) is 41.0 Å². The van der Waals surface area contributed by atoms with Gasteiger partial charge in [0, 0.05) is 12.2 Å². The molecule has 2 N–H and O–H groups in total. The largest absolute Gasteiger partial charge is 0.322 e. The Balaban J connectivity index is 1.47. The summed E-state index contributed by atoms with van der Waals surface area (Å²) in [7, 11) is 0. The summed E-state index contributed by atoms with van der Waals surface area (Å²) in [4.78, 5) is 27.1. The zero-order chi connectivity index (χ0) is 22.0. The van der Waals surface area contributed by atoms with Gasteiger partial charge < -0.3 is 15.5 Å². The number of hydrogen-bond acceptors (Lipinski definition) is 5. The first kappa shape index (κ1) is 20.9. The van der Waals surface area contributed by atoms with Gasteiger partial charge in [0.25, 0.3) is 5.91 Å². The van der Waals surface area contributed by atoms with Gasteiger partial charge in [0.05, 0.1) is 11.7 Å².